The highest BCUT2D eigenvalue weighted by atomic mass is 35.5. The van der Waals surface area contributed by atoms with E-state index in [1.807, 2.05) is 0 Å². The van der Waals surface area contributed by atoms with Crippen molar-refractivity contribution in [2.24, 2.45) is 5.73 Å². The van der Waals surface area contributed by atoms with Crippen molar-refractivity contribution in [3.63, 3.8) is 0 Å². The Balaban J connectivity index is 2.97. The van der Waals surface area contributed by atoms with Crippen molar-refractivity contribution in [3.05, 3.63) is 28.8 Å². The minimum absolute atomic E-state index is 0.0101. The Bertz CT molecular complexity index is 507. The first-order valence-corrected chi connectivity index (χ1v) is 5.97. The predicted octanol–water partition coefficient (Wildman–Crippen LogP) is 0.0731. The van der Waals surface area contributed by atoms with Gasteiger partial charge < -0.3 is 25.8 Å². The standard InChI is InChI=1S/C12H14ClNO6/c13-6-1-2-7(9(3-6)20-5-11(17)18)12(19)8(15)4-10(14)16/h1-3,8,12,15,19H,4-5H2,(H2,14,16)(H,17,18). The first kappa shape index (κ1) is 16.2. The lowest BCUT2D eigenvalue weighted by Gasteiger charge is -2.20. The Morgan fingerprint density at radius 2 is 2.00 bits per heavy atom. The lowest BCUT2D eigenvalue weighted by Crippen LogP contribution is -2.26. The van der Waals surface area contributed by atoms with E-state index in [1.54, 1.807) is 0 Å². The first-order valence-electron chi connectivity index (χ1n) is 5.59. The van der Waals surface area contributed by atoms with Crippen LogP contribution in [0, 0.1) is 0 Å². The molecule has 2 atom stereocenters. The second kappa shape index (κ2) is 7.09. The number of benzene rings is 1. The Labute approximate surface area is 119 Å². The second-order valence-electron chi connectivity index (χ2n) is 4.05. The minimum Gasteiger partial charge on any atom is -0.481 e. The average molecular weight is 304 g/mol. The fourth-order valence-corrected chi connectivity index (χ4v) is 1.70. The molecule has 1 rings (SSSR count). The third kappa shape index (κ3) is 4.69. The zero-order valence-electron chi connectivity index (χ0n) is 10.3. The van der Waals surface area contributed by atoms with E-state index in [9.17, 15) is 19.8 Å². The largest absolute Gasteiger partial charge is 0.481 e. The molecule has 0 radical (unpaired) electrons. The number of carboxylic acids is 1. The highest BCUT2D eigenvalue weighted by Crippen LogP contribution is 2.31. The van der Waals surface area contributed by atoms with Crippen molar-refractivity contribution in [3.8, 4) is 5.75 Å². The number of carbonyl (C=O) groups is 2. The van der Waals surface area contributed by atoms with Crippen molar-refractivity contribution < 1.29 is 29.6 Å². The smallest absolute Gasteiger partial charge is 0.341 e. The molecule has 0 aliphatic heterocycles. The fourth-order valence-electron chi connectivity index (χ4n) is 1.54. The van der Waals surface area contributed by atoms with Gasteiger partial charge in [0.05, 0.1) is 12.5 Å². The molecule has 1 amide bonds. The summed E-state index contributed by atoms with van der Waals surface area (Å²) in [5.74, 6) is -1.97. The summed E-state index contributed by atoms with van der Waals surface area (Å²) in [5.41, 5.74) is 5.04. The average Bonchev–Trinajstić information content (AvgIpc) is 2.34. The van der Waals surface area contributed by atoms with Crippen LogP contribution < -0.4 is 10.5 Å². The fraction of sp³-hybridized carbons (Fsp3) is 0.333. The molecular weight excluding hydrogens is 290 g/mol. The quantitative estimate of drug-likeness (QED) is 0.564. The van der Waals surface area contributed by atoms with Crippen LogP contribution in [0.15, 0.2) is 18.2 Å². The molecule has 0 aromatic heterocycles. The Morgan fingerprint density at radius 1 is 1.35 bits per heavy atom. The Kier molecular flexibility index (Phi) is 5.75. The zero-order valence-corrected chi connectivity index (χ0v) is 11.1. The molecule has 0 saturated heterocycles. The van der Waals surface area contributed by atoms with Crippen molar-refractivity contribution in [1.29, 1.82) is 0 Å². The lowest BCUT2D eigenvalue weighted by molar-refractivity contribution is -0.139. The number of nitrogens with two attached hydrogens (primary N) is 1. The molecule has 0 spiro atoms. The normalized spacial score (nSPS) is 13.6. The van der Waals surface area contributed by atoms with Gasteiger partial charge in [0.15, 0.2) is 6.61 Å². The maximum atomic E-state index is 10.7. The number of carboxylic acid groups (broad SMARTS) is 1. The van der Waals surface area contributed by atoms with E-state index in [2.05, 4.69) is 0 Å². The van der Waals surface area contributed by atoms with Crippen LogP contribution in [0.5, 0.6) is 5.75 Å². The number of rotatable bonds is 7. The molecule has 0 heterocycles. The summed E-state index contributed by atoms with van der Waals surface area (Å²) in [5, 5.41) is 28.4. The molecule has 0 aliphatic rings. The summed E-state index contributed by atoms with van der Waals surface area (Å²) in [7, 11) is 0. The highest BCUT2D eigenvalue weighted by Gasteiger charge is 2.24. The molecule has 0 saturated carbocycles. The number of ether oxygens (including phenoxy) is 1. The molecule has 1 aromatic carbocycles. The third-order valence-electron chi connectivity index (χ3n) is 2.42. The van der Waals surface area contributed by atoms with Crippen molar-refractivity contribution in [2.75, 3.05) is 6.61 Å². The monoisotopic (exact) mass is 303 g/mol. The van der Waals surface area contributed by atoms with Gasteiger partial charge in [-0.1, -0.05) is 17.7 Å². The van der Waals surface area contributed by atoms with E-state index >= 15 is 0 Å². The van der Waals surface area contributed by atoms with Gasteiger partial charge >= 0.3 is 5.97 Å². The number of hydrogen-bond acceptors (Lipinski definition) is 5. The Morgan fingerprint density at radius 3 is 2.55 bits per heavy atom. The lowest BCUT2D eigenvalue weighted by atomic mass is 10.0. The summed E-state index contributed by atoms with van der Waals surface area (Å²) in [6, 6.07) is 4.11. The van der Waals surface area contributed by atoms with Crippen LogP contribution in [0.3, 0.4) is 0 Å². The number of amides is 1. The molecular formula is C12H14ClNO6. The van der Waals surface area contributed by atoms with Crippen LogP contribution in [0.4, 0.5) is 0 Å². The van der Waals surface area contributed by atoms with Crippen molar-refractivity contribution in [2.45, 2.75) is 18.6 Å². The topological polar surface area (TPSA) is 130 Å². The molecule has 1 aromatic rings. The molecule has 0 fully saturated rings. The summed E-state index contributed by atoms with van der Waals surface area (Å²) >= 11 is 5.76. The van der Waals surface area contributed by atoms with E-state index < -0.39 is 37.1 Å². The number of halogens is 1. The van der Waals surface area contributed by atoms with Gasteiger partial charge in [0, 0.05) is 10.6 Å². The number of primary amides is 1. The molecule has 0 bridgehead atoms. The number of aliphatic carboxylic acids is 1. The van der Waals surface area contributed by atoms with Gasteiger partial charge in [-0.25, -0.2) is 4.79 Å². The van der Waals surface area contributed by atoms with Gasteiger partial charge in [-0.15, -0.1) is 0 Å². The van der Waals surface area contributed by atoms with Crippen molar-refractivity contribution >= 4 is 23.5 Å². The van der Waals surface area contributed by atoms with E-state index in [4.69, 9.17) is 27.2 Å². The molecule has 8 heteroatoms. The molecule has 20 heavy (non-hydrogen) atoms. The SMILES string of the molecule is NC(=O)CC(O)C(O)c1ccc(Cl)cc1OCC(=O)O. The molecule has 2 unspecified atom stereocenters. The van der Waals surface area contributed by atoms with Gasteiger partial charge in [0.1, 0.15) is 11.9 Å². The first-order chi connectivity index (χ1) is 9.31. The van der Waals surface area contributed by atoms with Crippen LogP contribution >= 0.6 is 11.6 Å². The van der Waals surface area contributed by atoms with Gasteiger partial charge in [-0.2, -0.15) is 0 Å². The summed E-state index contributed by atoms with van der Waals surface area (Å²) in [6.45, 7) is -0.633. The van der Waals surface area contributed by atoms with Gasteiger partial charge in [-0.05, 0) is 12.1 Å². The maximum absolute atomic E-state index is 10.7. The van der Waals surface area contributed by atoms with E-state index in [1.165, 1.54) is 18.2 Å². The van der Waals surface area contributed by atoms with E-state index in [0.717, 1.165) is 0 Å². The van der Waals surface area contributed by atoms with Crippen LogP contribution in [-0.4, -0.2) is 39.9 Å². The van der Waals surface area contributed by atoms with Crippen LogP contribution in [0.1, 0.15) is 18.1 Å². The zero-order chi connectivity index (χ0) is 15.3. The van der Waals surface area contributed by atoms with Crippen molar-refractivity contribution in [1.82, 2.24) is 0 Å². The summed E-state index contributed by atoms with van der Waals surface area (Å²) < 4.78 is 4.98. The van der Waals surface area contributed by atoms with Gasteiger partial charge in [0.25, 0.3) is 0 Å². The molecule has 110 valence electrons. The van der Waals surface area contributed by atoms with Crippen LogP contribution in [0.2, 0.25) is 5.02 Å². The number of hydrogen-bond donors (Lipinski definition) is 4. The molecule has 7 nitrogen and oxygen atoms in total. The second-order valence-corrected chi connectivity index (χ2v) is 4.48. The van der Waals surface area contributed by atoms with E-state index in [-0.39, 0.29) is 16.3 Å². The Hall–Kier alpha value is -1.83. The van der Waals surface area contributed by atoms with Crippen LogP contribution in [-0.2, 0) is 9.59 Å². The highest BCUT2D eigenvalue weighted by molar-refractivity contribution is 6.30. The minimum atomic E-state index is -1.46. The molecule has 5 N–H and O–H groups in total. The maximum Gasteiger partial charge on any atom is 0.341 e. The number of aliphatic hydroxyl groups excluding tert-OH is 2. The number of carbonyl (C=O) groups excluding carboxylic acids is 1. The predicted molar refractivity (Wildman–Crippen MR) is 69.4 cm³/mol. The van der Waals surface area contributed by atoms with Gasteiger partial charge in [-0.3, -0.25) is 4.79 Å². The van der Waals surface area contributed by atoms with Crippen LogP contribution in [0.25, 0.3) is 0 Å². The summed E-state index contributed by atoms with van der Waals surface area (Å²) in [6.07, 6.45) is -3.33. The number of aliphatic hydroxyl groups is 2. The molecule has 0 aliphatic carbocycles. The third-order valence-corrected chi connectivity index (χ3v) is 2.66. The van der Waals surface area contributed by atoms with Gasteiger partial charge in [0.2, 0.25) is 5.91 Å². The summed E-state index contributed by atoms with van der Waals surface area (Å²) in [4.78, 5) is 21.2. The van der Waals surface area contributed by atoms with E-state index in [0.29, 0.717) is 0 Å².